The number of amides is 3. The van der Waals surface area contributed by atoms with E-state index < -0.39 is 5.97 Å². The molecule has 2 aromatic carbocycles. The molecule has 1 fully saturated rings. The molecule has 7 heteroatoms. The quantitative estimate of drug-likeness (QED) is 0.699. The maximum atomic E-state index is 13.0. The number of likely N-dealkylation sites (tertiary alicyclic amines) is 1. The van der Waals surface area contributed by atoms with Gasteiger partial charge in [-0.15, -0.1) is 0 Å². The number of rotatable bonds is 6. The van der Waals surface area contributed by atoms with Crippen molar-refractivity contribution in [3.8, 4) is 0 Å². The van der Waals surface area contributed by atoms with Crippen LogP contribution < -0.4 is 10.6 Å². The summed E-state index contributed by atoms with van der Waals surface area (Å²) in [6, 6.07) is 17.2. The number of urea groups is 1. The molecular weight excluding hydrogens is 394 g/mol. The summed E-state index contributed by atoms with van der Waals surface area (Å²) in [5.41, 5.74) is 3.06. The average molecular weight is 424 g/mol. The van der Waals surface area contributed by atoms with Crippen LogP contribution in [0.4, 0.5) is 10.5 Å². The number of hydrogen-bond donors (Lipinski definition) is 2. The predicted octanol–water partition coefficient (Wildman–Crippen LogP) is 3.18. The first kappa shape index (κ1) is 22.3. The molecule has 2 unspecified atom stereocenters. The standard InChI is InChI=1S/C24H29N3O4/c1-3-17-9-11-18(12-10-17)19-13-20(23(29)26-21-7-5-4-6-8-21)16-27(15-19)24(30)25-14-22(28)31-2/h4-12,19-20H,3,13-16H2,1-2H3,(H,25,30)(H,26,29). The number of carbonyl (C=O) groups excluding carboxylic acids is 3. The van der Waals surface area contributed by atoms with E-state index in [4.69, 9.17) is 0 Å². The lowest BCUT2D eigenvalue weighted by molar-refractivity contribution is -0.139. The van der Waals surface area contributed by atoms with Crippen LogP contribution in [0.25, 0.3) is 0 Å². The number of nitrogens with one attached hydrogen (secondary N) is 2. The van der Waals surface area contributed by atoms with Crippen LogP contribution in [0.3, 0.4) is 0 Å². The van der Waals surface area contributed by atoms with Crippen LogP contribution in [0, 0.1) is 5.92 Å². The first-order valence-corrected chi connectivity index (χ1v) is 10.5. The number of hydrogen-bond acceptors (Lipinski definition) is 4. The summed E-state index contributed by atoms with van der Waals surface area (Å²) < 4.78 is 4.59. The van der Waals surface area contributed by atoms with Crippen molar-refractivity contribution in [2.24, 2.45) is 5.92 Å². The molecule has 1 aliphatic heterocycles. The third-order valence-corrected chi connectivity index (χ3v) is 5.62. The highest BCUT2D eigenvalue weighted by atomic mass is 16.5. The molecule has 7 nitrogen and oxygen atoms in total. The fraction of sp³-hybridized carbons (Fsp3) is 0.375. The number of piperidine rings is 1. The van der Waals surface area contributed by atoms with Gasteiger partial charge in [0, 0.05) is 24.7 Å². The monoisotopic (exact) mass is 423 g/mol. The Bertz CT molecular complexity index is 899. The summed E-state index contributed by atoms with van der Waals surface area (Å²) in [6.07, 6.45) is 1.60. The van der Waals surface area contributed by atoms with Crippen LogP contribution in [0.15, 0.2) is 54.6 Å². The molecule has 0 saturated carbocycles. The van der Waals surface area contributed by atoms with E-state index in [9.17, 15) is 14.4 Å². The van der Waals surface area contributed by atoms with Crippen LogP contribution in [0.5, 0.6) is 0 Å². The van der Waals surface area contributed by atoms with Crippen LogP contribution in [-0.2, 0) is 20.7 Å². The van der Waals surface area contributed by atoms with Crippen molar-refractivity contribution in [1.29, 1.82) is 0 Å². The van der Waals surface area contributed by atoms with Gasteiger partial charge in [0.15, 0.2) is 0 Å². The molecule has 0 aliphatic carbocycles. The number of methoxy groups -OCH3 is 1. The van der Waals surface area contributed by atoms with Crippen molar-refractivity contribution in [1.82, 2.24) is 10.2 Å². The minimum absolute atomic E-state index is 0.0232. The molecule has 31 heavy (non-hydrogen) atoms. The molecule has 1 aliphatic rings. The number of ether oxygens (including phenoxy) is 1. The van der Waals surface area contributed by atoms with Gasteiger partial charge in [-0.2, -0.15) is 0 Å². The zero-order valence-corrected chi connectivity index (χ0v) is 18.0. The van der Waals surface area contributed by atoms with Crippen molar-refractivity contribution in [3.05, 3.63) is 65.7 Å². The molecule has 3 amide bonds. The van der Waals surface area contributed by atoms with Gasteiger partial charge in [0.25, 0.3) is 0 Å². The summed E-state index contributed by atoms with van der Waals surface area (Å²) in [5, 5.41) is 5.53. The number of para-hydroxylation sites is 1. The third kappa shape index (κ3) is 6.07. The molecule has 2 aromatic rings. The lowest BCUT2D eigenvalue weighted by Crippen LogP contribution is -2.51. The Balaban J connectivity index is 1.76. The fourth-order valence-electron chi connectivity index (χ4n) is 3.82. The predicted molar refractivity (Wildman–Crippen MR) is 119 cm³/mol. The van der Waals surface area contributed by atoms with Crippen LogP contribution >= 0.6 is 0 Å². The number of aryl methyl sites for hydroxylation is 1. The maximum absolute atomic E-state index is 13.0. The highest BCUT2D eigenvalue weighted by molar-refractivity contribution is 5.93. The molecule has 2 atom stereocenters. The van der Waals surface area contributed by atoms with Crippen molar-refractivity contribution >= 4 is 23.6 Å². The fourth-order valence-corrected chi connectivity index (χ4v) is 3.82. The zero-order chi connectivity index (χ0) is 22.2. The molecule has 3 rings (SSSR count). The van der Waals surface area contributed by atoms with E-state index in [1.165, 1.54) is 12.7 Å². The summed E-state index contributed by atoms with van der Waals surface area (Å²) in [5.74, 6) is -0.981. The van der Waals surface area contributed by atoms with Crippen LogP contribution in [0.2, 0.25) is 0 Å². The van der Waals surface area contributed by atoms with Crippen molar-refractivity contribution in [2.75, 3.05) is 32.1 Å². The molecule has 2 N–H and O–H groups in total. The molecule has 0 spiro atoms. The number of carbonyl (C=O) groups is 3. The molecule has 0 aromatic heterocycles. The summed E-state index contributed by atoms with van der Waals surface area (Å²) >= 11 is 0. The molecule has 0 radical (unpaired) electrons. The molecule has 1 saturated heterocycles. The Morgan fingerprint density at radius 2 is 1.74 bits per heavy atom. The Hall–Kier alpha value is -3.35. The number of nitrogens with zero attached hydrogens (tertiary/aromatic N) is 1. The zero-order valence-electron chi connectivity index (χ0n) is 18.0. The summed E-state index contributed by atoms with van der Waals surface area (Å²) in [6.45, 7) is 2.67. The smallest absolute Gasteiger partial charge is 0.325 e. The van der Waals surface area contributed by atoms with Gasteiger partial charge in [0.05, 0.1) is 13.0 Å². The van der Waals surface area contributed by atoms with Gasteiger partial charge in [-0.25, -0.2) is 4.79 Å². The Morgan fingerprint density at radius 3 is 2.39 bits per heavy atom. The first-order chi connectivity index (χ1) is 15.0. The molecular formula is C24H29N3O4. The topological polar surface area (TPSA) is 87.7 Å². The third-order valence-electron chi connectivity index (χ3n) is 5.62. The van der Waals surface area contributed by atoms with Crippen molar-refractivity contribution in [3.63, 3.8) is 0 Å². The van der Waals surface area contributed by atoms with Crippen LogP contribution in [-0.4, -0.2) is 49.6 Å². The Kier molecular flexibility index (Phi) is 7.65. The minimum atomic E-state index is -0.518. The average Bonchev–Trinajstić information content (AvgIpc) is 2.82. The molecule has 1 heterocycles. The van der Waals surface area contributed by atoms with E-state index in [1.54, 1.807) is 4.90 Å². The second kappa shape index (κ2) is 10.6. The van der Waals surface area contributed by atoms with E-state index in [1.807, 2.05) is 30.3 Å². The van der Waals surface area contributed by atoms with Gasteiger partial charge < -0.3 is 20.3 Å². The van der Waals surface area contributed by atoms with E-state index in [0.29, 0.717) is 13.0 Å². The van der Waals surface area contributed by atoms with E-state index in [0.717, 1.165) is 17.7 Å². The first-order valence-electron chi connectivity index (χ1n) is 10.5. The van der Waals surface area contributed by atoms with Gasteiger partial charge in [-0.05, 0) is 36.1 Å². The van der Waals surface area contributed by atoms with E-state index >= 15 is 0 Å². The van der Waals surface area contributed by atoms with Gasteiger partial charge in [-0.1, -0.05) is 49.4 Å². The normalized spacial score (nSPS) is 18.2. The highest BCUT2D eigenvalue weighted by Gasteiger charge is 2.34. The van der Waals surface area contributed by atoms with E-state index in [-0.39, 0.29) is 36.9 Å². The largest absolute Gasteiger partial charge is 0.468 e. The summed E-state index contributed by atoms with van der Waals surface area (Å²) in [7, 11) is 1.27. The van der Waals surface area contributed by atoms with Gasteiger partial charge in [0.1, 0.15) is 6.54 Å². The van der Waals surface area contributed by atoms with Gasteiger partial charge in [0.2, 0.25) is 5.91 Å². The SMILES string of the molecule is CCc1ccc(C2CC(C(=O)Nc3ccccc3)CN(C(=O)NCC(=O)OC)C2)cc1. The van der Waals surface area contributed by atoms with Gasteiger partial charge in [-0.3, -0.25) is 9.59 Å². The summed E-state index contributed by atoms with van der Waals surface area (Å²) in [4.78, 5) is 38.7. The minimum Gasteiger partial charge on any atom is -0.468 e. The molecule has 0 bridgehead atoms. The number of anilines is 1. The maximum Gasteiger partial charge on any atom is 0.325 e. The van der Waals surface area contributed by atoms with Crippen molar-refractivity contribution in [2.45, 2.75) is 25.7 Å². The second-order valence-corrected chi connectivity index (χ2v) is 7.72. The second-order valence-electron chi connectivity index (χ2n) is 7.72. The lowest BCUT2D eigenvalue weighted by Gasteiger charge is -2.37. The Labute approximate surface area is 182 Å². The number of benzene rings is 2. The van der Waals surface area contributed by atoms with E-state index in [2.05, 4.69) is 46.6 Å². The van der Waals surface area contributed by atoms with Crippen LogP contribution in [0.1, 0.15) is 30.4 Å². The van der Waals surface area contributed by atoms with Crippen molar-refractivity contribution < 1.29 is 19.1 Å². The number of esters is 1. The Morgan fingerprint density at radius 1 is 1.03 bits per heavy atom. The molecule has 164 valence electrons. The van der Waals surface area contributed by atoms with Gasteiger partial charge >= 0.3 is 12.0 Å². The highest BCUT2D eigenvalue weighted by Crippen LogP contribution is 2.31. The lowest BCUT2D eigenvalue weighted by atomic mass is 9.83.